The van der Waals surface area contributed by atoms with E-state index in [0.29, 0.717) is 37.0 Å². The number of rotatable bonds is 6. The summed E-state index contributed by atoms with van der Waals surface area (Å²) >= 11 is 0. The van der Waals surface area contributed by atoms with E-state index in [9.17, 15) is 14.7 Å². The summed E-state index contributed by atoms with van der Waals surface area (Å²) in [7, 11) is 0. The standard InChI is InChI=1S/C30H32N6O3/c1-2-15-33-16-12-26(33)29(38)34-17-13-30(39,14-18-34)20-35-21-31-27-25(28(35)37)19-32-36(27)24-10-8-23(9-11-24)22-6-4-3-5-7-22/h2-11,15,19,21,26,39H,12-14,16-18,20H2,1H3. The van der Waals surface area contributed by atoms with Gasteiger partial charge in [-0.3, -0.25) is 14.2 Å². The molecular formula is C30H32N6O3. The molecule has 0 saturated carbocycles. The molecule has 0 radical (unpaired) electrons. The highest BCUT2D eigenvalue weighted by atomic mass is 16.3. The van der Waals surface area contributed by atoms with Crippen LogP contribution in [0.5, 0.6) is 0 Å². The van der Waals surface area contributed by atoms with Crippen molar-refractivity contribution in [2.45, 2.75) is 44.4 Å². The topological polar surface area (TPSA) is 96.5 Å². The fraction of sp³-hybridized carbons (Fsp3) is 0.333. The second-order valence-electron chi connectivity index (χ2n) is 10.5. The highest BCUT2D eigenvalue weighted by Crippen LogP contribution is 2.28. The maximum Gasteiger partial charge on any atom is 0.264 e. The first-order valence-corrected chi connectivity index (χ1v) is 13.4. The normalized spacial score (nSPS) is 19.0. The second-order valence-corrected chi connectivity index (χ2v) is 10.5. The molecule has 1 atom stereocenters. The molecule has 39 heavy (non-hydrogen) atoms. The van der Waals surface area contributed by atoms with Gasteiger partial charge in [0.25, 0.3) is 5.56 Å². The Morgan fingerprint density at radius 3 is 2.44 bits per heavy atom. The van der Waals surface area contributed by atoms with E-state index in [0.717, 1.165) is 29.8 Å². The number of benzene rings is 2. The third kappa shape index (κ3) is 4.74. The van der Waals surface area contributed by atoms with Crippen molar-refractivity contribution in [1.29, 1.82) is 0 Å². The maximum absolute atomic E-state index is 13.3. The molecule has 1 amide bonds. The first-order valence-electron chi connectivity index (χ1n) is 13.4. The van der Waals surface area contributed by atoms with Gasteiger partial charge in [0.15, 0.2) is 5.65 Å². The largest absolute Gasteiger partial charge is 0.388 e. The Bertz CT molecular complexity index is 1570. The van der Waals surface area contributed by atoms with Crippen LogP contribution in [-0.4, -0.2) is 71.4 Å². The molecule has 0 bridgehead atoms. The van der Waals surface area contributed by atoms with Crippen molar-refractivity contribution in [2.24, 2.45) is 0 Å². The Morgan fingerprint density at radius 2 is 1.77 bits per heavy atom. The molecule has 9 heteroatoms. The van der Waals surface area contributed by atoms with E-state index >= 15 is 0 Å². The van der Waals surface area contributed by atoms with Crippen molar-refractivity contribution in [3.8, 4) is 16.8 Å². The van der Waals surface area contributed by atoms with E-state index in [1.807, 2.05) is 66.6 Å². The van der Waals surface area contributed by atoms with Crippen LogP contribution in [0.25, 0.3) is 27.8 Å². The predicted molar refractivity (Wildman–Crippen MR) is 149 cm³/mol. The lowest BCUT2D eigenvalue weighted by Crippen LogP contribution is -2.58. The molecule has 2 aliphatic rings. The van der Waals surface area contributed by atoms with E-state index in [1.54, 1.807) is 4.68 Å². The van der Waals surface area contributed by atoms with Crippen LogP contribution in [0.2, 0.25) is 0 Å². The van der Waals surface area contributed by atoms with Crippen LogP contribution in [0.1, 0.15) is 26.2 Å². The zero-order valence-electron chi connectivity index (χ0n) is 22.0. The van der Waals surface area contributed by atoms with Crippen molar-refractivity contribution in [1.82, 2.24) is 29.1 Å². The van der Waals surface area contributed by atoms with Crippen LogP contribution < -0.4 is 5.56 Å². The molecule has 200 valence electrons. The summed E-state index contributed by atoms with van der Waals surface area (Å²) in [5.74, 6) is 0.117. The molecule has 2 aliphatic heterocycles. The van der Waals surface area contributed by atoms with Gasteiger partial charge in [-0.05, 0) is 55.6 Å². The summed E-state index contributed by atoms with van der Waals surface area (Å²) in [6.45, 7) is 3.91. The quantitative estimate of drug-likeness (QED) is 0.416. The minimum atomic E-state index is -1.08. The zero-order chi connectivity index (χ0) is 27.0. The molecule has 2 fully saturated rings. The Morgan fingerprint density at radius 1 is 1.05 bits per heavy atom. The second kappa shape index (κ2) is 10.1. The lowest BCUT2D eigenvalue weighted by Gasteiger charge is -2.44. The van der Waals surface area contributed by atoms with E-state index in [4.69, 9.17) is 0 Å². The Hall–Kier alpha value is -4.24. The van der Waals surface area contributed by atoms with E-state index in [1.165, 1.54) is 17.1 Å². The molecule has 9 nitrogen and oxygen atoms in total. The van der Waals surface area contributed by atoms with Crippen molar-refractivity contribution < 1.29 is 9.90 Å². The van der Waals surface area contributed by atoms with Gasteiger partial charge < -0.3 is 14.9 Å². The number of amides is 1. The molecule has 6 rings (SSSR count). The van der Waals surface area contributed by atoms with Gasteiger partial charge in [-0.1, -0.05) is 48.5 Å². The highest BCUT2D eigenvalue weighted by molar-refractivity contribution is 5.83. The minimum absolute atomic E-state index is 0.104. The summed E-state index contributed by atoms with van der Waals surface area (Å²) in [4.78, 5) is 34.7. The number of piperidine rings is 1. The van der Waals surface area contributed by atoms with Crippen LogP contribution in [-0.2, 0) is 11.3 Å². The Labute approximate surface area is 226 Å². The number of hydrogen-bond acceptors (Lipinski definition) is 6. The van der Waals surface area contributed by atoms with E-state index in [-0.39, 0.29) is 24.1 Å². The number of hydrogen-bond donors (Lipinski definition) is 1. The number of fused-ring (bicyclic) bond motifs is 1. The van der Waals surface area contributed by atoms with Crippen LogP contribution in [0.4, 0.5) is 0 Å². The van der Waals surface area contributed by atoms with Crippen LogP contribution >= 0.6 is 0 Å². The zero-order valence-corrected chi connectivity index (χ0v) is 22.0. The molecule has 4 aromatic rings. The molecule has 2 aromatic heterocycles. The molecule has 2 saturated heterocycles. The van der Waals surface area contributed by atoms with Crippen LogP contribution in [0, 0.1) is 0 Å². The first-order chi connectivity index (χ1) is 19.0. The van der Waals surface area contributed by atoms with Crippen molar-refractivity contribution in [3.05, 3.63) is 89.8 Å². The monoisotopic (exact) mass is 524 g/mol. The minimum Gasteiger partial charge on any atom is -0.388 e. The van der Waals surface area contributed by atoms with Gasteiger partial charge in [-0.15, -0.1) is 0 Å². The molecule has 2 aromatic carbocycles. The molecule has 1 N–H and O–H groups in total. The lowest BCUT2D eigenvalue weighted by molar-refractivity contribution is -0.144. The SMILES string of the molecule is CC=CN1CCC1C(=O)N1CCC(O)(Cn2cnc3c(cnn3-c3ccc(-c4ccccc4)cc3)c2=O)CC1. The van der Waals surface area contributed by atoms with E-state index < -0.39 is 5.60 Å². The molecule has 0 spiro atoms. The summed E-state index contributed by atoms with van der Waals surface area (Å²) in [5.41, 5.74) is 2.18. The lowest BCUT2D eigenvalue weighted by atomic mass is 9.90. The van der Waals surface area contributed by atoms with Gasteiger partial charge in [0.2, 0.25) is 5.91 Å². The number of aromatic nitrogens is 4. The summed E-state index contributed by atoms with van der Waals surface area (Å²) in [6.07, 6.45) is 8.61. The predicted octanol–water partition coefficient (Wildman–Crippen LogP) is 3.21. The van der Waals surface area contributed by atoms with Crippen LogP contribution in [0.15, 0.2) is 84.2 Å². The van der Waals surface area contributed by atoms with Gasteiger partial charge in [0.1, 0.15) is 17.8 Å². The van der Waals surface area contributed by atoms with Crippen molar-refractivity contribution >= 4 is 16.9 Å². The number of likely N-dealkylation sites (tertiary alicyclic amines) is 2. The first kappa shape index (κ1) is 25.1. The molecule has 1 unspecified atom stereocenters. The van der Waals surface area contributed by atoms with Gasteiger partial charge in [0.05, 0.1) is 24.0 Å². The third-order valence-corrected chi connectivity index (χ3v) is 7.93. The smallest absolute Gasteiger partial charge is 0.264 e. The maximum atomic E-state index is 13.3. The number of aliphatic hydroxyl groups is 1. The Balaban J connectivity index is 1.15. The fourth-order valence-corrected chi connectivity index (χ4v) is 5.55. The van der Waals surface area contributed by atoms with Gasteiger partial charge in [-0.2, -0.15) is 5.10 Å². The number of allylic oxidation sites excluding steroid dienone is 1. The van der Waals surface area contributed by atoms with Gasteiger partial charge >= 0.3 is 0 Å². The number of nitrogens with zero attached hydrogens (tertiary/aromatic N) is 6. The van der Waals surface area contributed by atoms with Crippen molar-refractivity contribution in [3.63, 3.8) is 0 Å². The van der Waals surface area contributed by atoms with Gasteiger partial charge in [-0.25, -0.2) is 9.67 Å². The molecule has 0 aliphatic carbocycles. The van der Waals surface area contributed by atoms with Crippen LogP contribution in [0.3, 0.4) is 0 Å². The highest BCUT2D eigenvalue weighted by Gasteiger charge is 2.39. The summed E-state index contributed by atoms with van der Waals surface area (Å²) < 4.78 is 3.12. The molecule has 4 heterocycles. The van der Waals surface area contributed by atoms with Crippen molar-refractivity contribution in [2.75, 3.05) is 19.6 Å². The average Bonchev–Trinajstić information content (AvgIpc) is 3.38. The fourth-order valence-electron chi connectivity index (χ4n) is 5.55. The summed E-state index contributed by atoms with van der Waals surface area (Å²) in [6, 6.07) is 18.0. The summed E-state index contributed by atoms with van der Waals surface area (Å²) in [5, 5.41) is 16.1. The van der Waals surface area contributed by atoms with E-state index in [2.05, 4.69) is 27.1 Å². The number of carbonyl (C=O) groups excluding carboxylic acids is 1. The number of carbonyl (C=O) groups is 1. The third-order valence-electron chi connectivity index (χ3n) is 7.93. The van der Waals surface area contributed by atoms with Gasteiger partial charge in [0, 0.05) is 19.6 Å². The Kier molecular flexibility index (Phi) is 6.52. The molecular weight excluding hydrogens is 492 g/mol. The average molecular weight is 525 g/mol.